The van der Waals surface area contributed by atoms with Gasteiger partial charge in [0.05, 0.1) is 17.1 Å². The van der Waals surface area contributed by atoms with Crippen LogP contribution in [-0.2, 0) is 14.8 Å². The van der Waals surface area contributed by atoms with Crippen LogP contribution in [0, 0.1) is 13.8 Å². The molecule has 0 aromatic heterocycles. The molecule has 33 heavy (non-hydrogen) atoms. The van der Waals surface area contributed by atoms with Crippen molar-refractivity contribution in [2.75, 3.05) is 37.4 Å². The smallest absolute Gasteiger partial charge is 0.261 e. The van der Waals surface area contributed by atoms with Crippen molar-refractivity contribution >= 4 is 27.5 Å². The molecule has 1 saturated carbocycles. The van der Waals surface area contributed by atoms with Crippen LogP contribution < -0.4 is 10.0 Å². The van der Waals surface area contributed by atoms with E-state index in [1.807, 2.05) is 19.9 Å². The summed E-state index contributed by atoms with van der Waals surface area (Å²) in [5, 5.41) is 2.98. The average Bonchev–Trinajstić information content (AvgIpc) is 3.61. The fraction of sp³-hybridized carbons (Fsp3) is 0.417. The Hall–Kier alpha value is -2.91. The minimum Gasteiger partial charge on any atom is -0.352 e. The molecule has 0 bridgehead atoms. The molecule has 0 spiro atoms. The number of piperazine rings is 1. The van der Waals surface area contributed by atoms with Gasteiger partial charge in [0.25, 0.3) is 15.9 Å². The van der Waals surface area contributed by atoms with Crippen molar-refractivity contribution in [3.63, 3.8) is 0 Å². The number of benzene rings is 2. The van der Waals surface area contributed by atoms with E-state index in [9.17, 15) is 18.0 Å². The average molecular weight is 471 g/mol. The molecule has 2 amide bonds. The Morgan fingerprint density at radius 3 is 2.27 bits per heavy atom. The second kappa shape index (κ2) is 9.52. The maximum absolute atomic E-state index is 12.9. The molecule has 4 rings (SSSR count). The molecule has 0 unspecified atom stereocenters. The number of rotatable bonds is 7. The van der Waals surface area contributed by atoms with Crippen LogP contribution in [0.1, 0.15) is 34.3 Å². The van der Waals surface area contributed by atoms with Crippen LogP contribution >= 0.6 is 0 Å². The minimum atomic E-state index is -3.76. The van der Waals surface area contributed by atoms with Gasteiger partial charge in [-0.2, -0.15) is 0 Å². The zero-order valence-electron chi connectivity index (χ0n) is 19.0. The fourth-order valence-corrected chi connectivity index (χ4v) is 4.96. The number of nitrogens with zero attached hydrogens (tertiary/aromatic N) is 2. The van der Waals surface area contributed by atoms with Gasteiger partial charge in [0.1, 0.15) is 0 Å². The third kappa shape index (κ3) is 5.72. The summed E-state index contributed by atoms with van der Waals surface area (Å²) in [5.41, 5.74) is 2.86. The van der Waals surface area contributed by atoms with E-state index in [2.05, 4.69) is 14.9 Å². The number of anilines is 1. The van der Waals surface area contributed by atoms with E-state index in [-0.39, 0.29) is 16.7 Å². The number of hydrogen-bond acceptors (Lipinski definition) is 5. The van der Waals surface area contributed by atoms with E-state index < -0.39 is 10.0 Å². The molecule has 1 aliphatic heterocycles. The van der Waals surface area contributed by atoms with E-state index >= 15 is 0 Å². The zero-order valence-corrected chi connectivity index (χ0v) is 19.8. The monoisotopic (exact) mass is 470 g/mol. The van der Waals surface area contributed by atoms with Crippen LogP contribution in [0.25, 0.3) is 0 Å². The summed E-state index contributed by atoms with van der Waals surface area (Å²) in [6.45, 7) is 6.49. The summed E-state index contributed by atoms with van der Waals surface area (Å²) in [6.07, 6.45) is 2.13. The molecular formula is C24H30N4O4S. The van der Waals surface area contributed by atoms with Gasteiger partial charge in [-0.3, -0.25) is 19.2 Å². The second-order valence-corrected chi connectivity index (χ2v) is 10.5. The number of carbonyl (C=O) groups excluding carboxylic acids is 2. The molecule has 176 valence electrons. The quantitative estimate of drug-likeness (QED) is 0.646. The van der Waals surface area contributed by atoms with Crippen molar-refractivity contribution in [3.8, 4) is 0 Å². The van der Waals surface area contributed by atoms with Crippen LogP contribution in [0.2, 0.25) is 0 Å². The Labute approximate surface area is 195 Å². The van der Waals surface area contributed by atoms with Crippen molar-refractivity contribution in [1.29, 1.82) is 0 Å². The largest absolute Gasteiger partial charge is 0.352 e. The molecule has 8 nitrogen and oxygen atoms in total. The molecule has 1 aliphatic carbocycles. The molecule has 1 heterocycles. The second-order valence-electron chi connectivity index (χ2n) is 8.79. The Balaban J connectivity index is 1.34. The lowest BCUT2D eigenvalue weighted by atomic mass is 10.1. The normalized spacial score (nSPS) is 17.0. The molecule has 2 aromatic carbocycles. The molecular weight excluding hydrogens is 440 g/mol. The van der Waals surface area contributed by atoms with E-state index in [0.717, 1.165) is 24.0 Å². The van der Waals surface area contributed by atoms with Gasteiger partial charge in [-0.15, -0.1) is 0 Å². The number of amides is 2. The molecule has 0 atom stereocenters. The molecule has 2 aliphatic rings. The van der Waals surface area contributed by atoms with Gasteiger partial charge >= 0.3 is 0 Å². The minimum absolute atomic E-state index is 0.0449. The number of sulfonamides is 1. The van der Waals surface area contributed by atoms with Crippen LogP contribution in [0.3, 0.4) is 0 Å². The predicted octanol–water partition coefficient (Wildman–Crippen LogP) is 2.14. The summed E-state index contributed by atoms with van der Waals surface area (Å²) in [6, 6.07) is 11.8. The standard InChI is InChI=1S/C24H30N4O4S/c1-17-4-3-5-22(18(17)2)26-33(31,32)21-10-6-19(7-11-21)24(30)28-14-12-27(13-15-28)16-23(29)25-20-8-9-20/h3-7,10-11,20,26H,8-9,12-16H2,1-2H3,(H,25,29). The number of carbonyl (C=O) groups is 2. The SMILES string of the molecule is Cc1cccc(NS(=O)(=O)c2ccc(C(=O)N3CCN(CC(=O)NC4CC4)CC3)cc2)c1C. The summed E-state index contributed by atoms with van der Waals surface area (Å²) in [4.78, 5) is 28.8. The van der Waals surface area contributed by atoms with Gasteiger partial charge in [-0.1, -0.05) is 12.1 Å². The van der Waals surface area contributed by atoms with Crippen LogP contribution in [0.15, 0.2) is 47.4 Å². The maximum atomic E-state index is 12.9. The van der Waals surface area contributed by atoms with Crippen LogP contribution in [-0.4, -0.2) is 68.8 Å². The first-order valence-electron chi connectivity index (χ1n) is 11.2. The van der Waals surface area contributed by atoms with Crippen molar-refractivity contribution in [1.82, 2.24) is 15.1 Å². The maximum Gasteiger partial charge on any atom is 0.261 e. The lowest BCUT2D eigenvalue weighted by Gasteiger charge is -2.34. The first-order chi connectivity index (χ1) is 15.7. The van der Waals surface area contributed by atoms with Gasteiger partial charge in [0.15, 0.2) is 0 Å². The van der Waals surface area contributed by atoms with Crippen molar-refractivity contribution in [2.45, 2.75) is 37.6 Å². The van der Waals surface area contributed by atoms with E-state index in [1.54, 1.807) is 29.2 Å². The first kappa shape index (κ1) is 23.3. The highest BCUT2D eigenvalue weighted by atomic mass is 32.2. The number of nitrogens with one attached hydrogen (secondary N) is 2. The van der Waals surface area contributed by atoms with Crippen LogP contribution in [0.4, 0.5) is 5.69 Å². The third-order valence-electron chi connectivity index (χ3n) is 6.23. The van der Waals surface area contributed by atoms with Gasteiger partial charge in [0, 0.05) is 37.8 Å². The predicted molar refractivity (Wildman–Crippen MR) is 127 cm³/mol. The Morgan fingerprint density at radius 2 is 1.64 bits per heavy atom. The highest BCUT2D eigenvalue weighted by Crippen LogP contribution is 2.23. The first-order valence-corrected chi connectivity index (χ1v) is 12.7. The van der Waals surface area contributed by atoms with E-state index in [1.165, 1.54) is 12.1 Å². The van der Waals surface area contributed by atoms with Crippen LogP contribution in [0.5, 0.6) is 0 Å². The summed E-state index contributed by atoms with van der Waals surface area (Å²) in [7, 11) is -3.76. The molecule has 9 heteroatoms. The van der Waals surface area contributed by atoms with Gasteiger partial charge in [-0.05, 0) is 68.1 Å². The third-order valence-corrected chi connectivity index (χ3v) is 7.61. The fourth-order valence-electron chi connectivity index (χ4n) is 3.84. The van der Waals surface area contributed by atoms with Crippen molar-refractivity contribution in [2.24, 2.45) is 0 Å². The Morgan fingerprint density at radius 1 is 0.970 bits per heavy atom. The van der Waals surface area contributed by atoms with Gasteiger partial charge < -0.3 is 10.2 Å². The lowest BCUT2D eigenvalue weighted by Crippen LogP contribution is -2.51. The molecule has 2 fully saturated rings. The summed E-state index contributed by atoms with van der Waals surface area (Å²) >= 11 is 0. The van der Waals surface area contributed by atoms with E-state index in [4.69, 9.17) is 0 Å². The summed E-state index contributed by atoms with van der Waals surface area (Å²) < 4.78 is 28.2. The number of aryl methyl sites for hydroxylation is 1. The molecule has 0 radical (unpaired) electrons. The molecule has 1 saturated heterocycles. The highest BCUT2D eigenvalue weighted by molar-refractivity contribution is 7.92. The lowest BCUT2D eigenvalue weighted by molar-refractivity contribution is -0.122. The van der Waals surface area contributed by atoms with Crippen molar-refractivity contribution < 1.29 is 18.0 Å². The number of hydrogen-bond donors (Lipinski definition) is 2. The topological polar surface area (TPSA) is 98.8 Å². The summed E-state index contributed by atoms with van der Waals surface area (Å²) in [5.74, 6) is -0.0907. The highest BCUT2D eigenvalue weighted by Gasteiger charge is 2.27. The Bertz CT molecular complexity index is 1140. The zero-order chi connectivity index (χ0) is 23.6. The van der Waals surface area contributed by atoms with Gasteiger partial charge in [-0.25, -0.2) is 8.42 Å². The Kier molecular flexibility index (Phi) is 6.71. The van der Waals surface area contributed by atoms with Gasteiger partial charge in [0.2, 0.25) is 5.91 Å². The van der Waals surface area contributed by atoms with Crippen molar-refractivity contribution in [3.05, 3.63) is 59.2 Å². The van der Waals surface area contributed by atoms with E-state index in [0.29, 0.717) is 50.0 Å². The molecule has 2 N–H and O–H groups in total. The molecule has 2 aromatic rings.